The standard InChI is InChI=1S/C11H18ClNSi/c1-14(2,3)11(12)10(13)9-7-5-4-6-8-9/h4-8,10-11H,13H2,1-3H3/t10-,11-/m1/s1. The van der Waals surface area contributed by atoms with E-state index in [0.29, 0.717) is 0 Å². The summed E-state index contributed by atoms with van der Waals surface area (Å²) in [7, 11) is -1.37. The molecule has 2 N–H and O–H groups in total. The van der Waals surface area contributed by atoms with Gasteiger partial charge in [-0.05, 0) is 5.56 Å². The first-order valence-corrected chi connectivity index (χ1v) is 8.89. The SMILES string of the molecule is C[Si](C)(C)[C@@H](Cl)[C@H](N)c1ccccc1. The largest absolute Gasteiger partial charge is 0.323 e. The van der Waals surface area contributed by atoms with Gasteiger partial charge in [-0.3, -0.25) is 0 Å². The number of rotatable bonds is 3. The van der Waals surface area contributed by atoms with Gasteiger partial charge < -0.3 is 5.73 Å². The highest BCUT2D eigenvalue weighted by Crippen LogP contribution is 2.26. The zero-order valence-electron chi connectivity index (χ0n) is 9.00. The van der Waals surface area contributed by atoms with E-state index in [4.69, 9.17) is 17.3 Å². The van der Waals surface area contributed by atoms with Crippen molar-refractivity contribution >= 4 is 19.7 Å². The predicted octanol–water partition coefficient (Wildman–Crippen LogP) is 3.17. The lowest BCUT2D eigenvalue weighted by molar-refractivity contribution is 0.770. The Hall–Kier alpha value is -0.313. The topological polar surface area (TPSA) is 26.0 Å². The first-order chi connectivity index (χ1) is 6.43. The van der Waals surface area contributed by atoms with Crippen molar-refractivity contribution in [1.29, 1.82) is 0 Å². The van der Waals surface area contributed by atoms with E-state index in [1.807, 2.05) is 30.3 Å². The normalized spacial score (nSPS) is 16.4. The van der Waals surface area contributed by atoms with E-state index in [0.717, 1.165) is 5.56 Å². The van der Waals surface area contributed by atoms with Crippen molar-refractivity contribution < 1.29 is 0 Å². The van der Waals surface area contributed by atoms with Gasteiger partial charge in [0.25, 0.3) is 0 Å². The van der Waals surface area contributed by atoms with Gasteiger partial charge >= 0.3 is 0 Å². The summed E-state index contributed by atoms with van der Waals surface area (Å²) in [5, 5.41) is 0.0879. The van der Waals surface area contributed by atoms with Crippen LogP contribution in [-0.4, -0.2) is 13.1 Å². The minimum Gasteiger partial charge on any atom is -0.323 e. The van der Waals surface area contributed by atoms with Crippen molar-refractivity contribution in [3.05, 3.63) is 35.9 Å². The van der Waals surface area contributed by atoms with Crippen molar-refractivity contribution in [2.24, 2.45) is 5.73 Å². The minimum absolute atomic E-state index is 0.0375. The van der Waals surface area contributed by atoms with Gasteiger partial charge in [0.1, 0.15) is 0 Å². The van der Waals surface area contributed by atoms with Crippen LogP contribution in [0.1, 0.15) is 11.6 Å². The average molecular weight is 228 g/mol. The average Bonchev–Trinajstić information content (AvgIpc) is 2.15. The van der Waals surface area contributed by atoms with Gasteiger partial charge in [-0.15, -0.1) is 11.6 Å². The summed E-state index contributed by atoms with van der Waals surface area (Å²) in [4.78, 5) is 0. The molecule has 0 fully saturated rings. The monoisotopic (exact) mass is 227 g/mol. The smallest absolute Gasteiger partial charge is 0.0673 e. The number of nitrogens with two attached hydrogens (primary N) is 1. The molecule has 0 unspecified atom stereocenters. The quantitative estimate of drug-likeness (QED) is 0.623. The third kappa shape index (κ3) is 2.84. The van der Waals surface area contributed by atoms with Gasteiger partial charge in [-0.1, -0.05) is 50.0 Å². The van der Waals surface area contributed by atoms with E-state index in [9.17, 15) is 0 Å². The Labute approximate surface area is 92.3 Å². The summed E-state index contributed by atoms with van der Waals surface area (Å²) in [5.74, 6) is 0. The minimum atomic E-state index is -1.37. The van der Waals surface area contributed by atoms with Crippen LogP contribution in [-0.2, 0) is 0 Å². The lowest BCUT2D eigenvalue weighted by atomic mass is 10.1. The molecule has 2 atom stereocenters. The molecule has 78 valence electrons. The molecule has 1 aromatic rings. The number of halogens is 1. The molecule has 1 nitrogen and oxygen atoms in total. The molecule has 0 aliphatic carbocycles. The summed E-state index contributed by atoms with van der Waals surface area (Å²) in [5.41, 5.74) is 7.26. The summed E-state index contributed by atoms with van der Waals surface area (Å²) in [6.45, 7) is 6.73. The molecular formula is C11H18ClNSi. The molecule has 1 aromatic carbocycles. The zero-order valence-corrected chi connectivity index (χ0v) is 10.8. The first-order valence-electron chi connectivity index (χ1n) is 4.87. The van der Waals surface area contributed by atoms with Crippen LogP contribution in [0, 0.1) is 0 Å². The fourth-order valence-electron chi connectivity index (χ4n) is 1.38. The number of alkyl halides is 1. The fraction of sp³-hybridized carbons (Fsp3) is 0.455. The highest BCUT2D eigenvalue weighted by atomic mass is 35.5. The Morgan fingerprint density at radius 1 is 1.14 bits per heavy atom. The lowest BCUT2D eigenvalue weighted by Crippen LogP contribution is -2.41. The van der Waals surface area contributed by atoms with Crippen LogP contribution in [0.15, 0.2) is 30.3 Å². The molecule has 0 saturated heterocycles. The van der Waals surface area contributed by atoms with Crippen LogP contribution >= 0.6 is 11.6 Å². The maximum absolute atomic E-state index is 6.38. The maximum atomic E-state index is 6.38. The molecule has 0 radical (unpaired) electrons. The van der Waals surface area contributed by atoms with E-state index in [1.165, 1.54) is 0 Å². The van der Waals surface area contributed by atoms with E-state index in [-0.39, 0.29) is 11.0 Å². The van der Waals surface area contributed by atoms with Gasteiger partial charge in [0.15, 0.2) is 0 Å². The molecule has 0 heterocycles. The van der Waals surface area contributed by atoms with Gasteiger partial charge in [0.05, 0.1) is 8.07 Å². The highest BCUT2D eigenvalue weighted by Gasteiger charge is 2.30. The molecular weight excluding hydrogens is 210 g/mol. The Morgan fingerprint density at radius 2 is 1.64 bits per heavy atom. The molecule has 14 heavy (non-hydrogen) atoms. The second-order valence-corrected chi connectivity index (χ2v) is 10.9. The van der Waals surface area contributed by atoms with Gasteiger partial charge in [-0.25, -0.2) is 0 Å². The van der Waals surface area contributed by atoms with Crippen LogP contribution in [0.25, 0.3) is 0 Å². The summed E-state index contributed by atoms with van der Waals surface area (Å²) < 4.78 is 0. The van der Waals surface area contributed by atoms with Crippen molar-refractivity contribution in [3.8, 4) is 0 Å². The Bertz CT molecular complexity index is 281. The maximum Gasteiger partial charge on any atom is 0.0673 e. The molecule has 0 aliphatic heterocycles. The van der Waals surface area contributed by atoms with E-state index in [2.05, 4.69) is 19.6 Å². The summed E-state index contributed by atoms with van der Waals surface area (Å²) in [6, 6.07) is 10.0. The van der Waals surface area contributed by atoms with Gasteiger partial charge in [-0.2, -0.15) is 0 Å². The number of hydrogen-bond acceptors (Lipinski definition) is 1. The molecule has 0 spiro atoms. The van der Waals surface area contributed by atoms with E-state index >= 15 is 0 Å². The van der Waals surface area contributed by atoms with Crippen LogP contribution in [0.2, 0.25) is 19.6 Å². The van der Waals surface area contributed by atoms with E-state index in [1.54, 1.807) is 0 Å². The van der Waals surface area contributed by atoms with E-state index < -0.39 is 8.07 Å². The Morgan fingerprint density at radius 3 is 2.07 bits per heavy atom. The molecule has 3 heteroatoms. The van der Waals surface area contributed by atoms with Crippen molar-refractivity contribution in [3.63, 3.8) is 0 Å². The number of hydrogen-bond donors (Lipinski definition) is 1. The van der Waals surface area contributed by atoms with Gasteiger partial charge in [0.2, 0.25) is 0 Å². The van der Waals surface area contributed by atoms with Crippen molar-refractivity contribution in [2.45, 2.75) is 30.7 Å². The van der Waals surface area contributed by atoms with Crippen LogP contribution in [0.5, 0.6) is 0 Å². The molecule has 0 saturated carbocycles. The van der Waals surface area contributed by atoms with Crippen molar-refractivity contribution in [1.82, 2.24) is 0 Å². The van der Waals surface area contributed by atoms with Crippen LogP contribution in [0.3, 0.4) is 0 Å². The molecule has 0 bridgehead atoms. The predicted molar refractivity (Wildman–Crippen MR) is 66.4 cm³/mol. The van der Waals surface area contributed by atoms with Gasteiger partial charge in [0, 0.05) is 11.0 Å². The highest BCUT2D eigenvalue weighted by molar-refractivity contribution is 6.84. The second-order valence-electron chi connectivity index (χ2n) is 4.70. The summed E-state index contributed by atoms with van der Waals surface area (Å²) in [6.07, 6.45) is 0. The Balaban J connectivity index is 2.81. The molecule has 0 aliphatic rings. The fourth-order valence-corrected chi connectivity index (χ4v) is 2.80. The first kappa shape index (κ1) is 11.8. The summed E-state index contributed by atoms with van der Waals surface area (Å²) >= 11 is 6.38. The Kier molecular flexibility index (Phi) is 3.76. The lowest BCUT2D eigenvalue weighted by Gasteiger charge is -2.28. The van der Waals surface area contributed by atoms with Crippen LogP contribution in [0.4, 0.5) is 0 Å². The molecule has 0 aromatic heterocycles. The zero-order chi connectivity index (χ0) is 10.8. The third-order valence-electron chi connectivity index (χ3n) is 2.33. The third-order valence-corrected chi connectivity index (χ3v) is 6.58. The van der Waals surface area contributed by atoms with Crippen molar-refractivity contribution in [2.75, 3.05) is 0 Å². The number of benzene rings is 1. The van der Waals surface area contributed by atoms with Crippen LogP contribution < -0.4 is 5.73 Å². The molecule has 0 amide bonds. The second kappa shape index (κ2) is 4.47. The molecule has 1 rings (SSSR count).